The summed E-state index contributed by atoms with van der Waals surface area (Å²) in [5.41, 5.74) is 1.30. The lowest BCUT2D eigenvalue weighted by Gasteiger charge is -2.24. The molecule has 0 saturated heterocycles. The number of hydrogen-bond donors (Lipinski definition) is 2. The van der Waals surface area contributed by atoms with Gasteiger partial charge in [0.1, 0.15) is 0 Å². The van der Waals surface area contributed by atoms with E-state index in [9.17, 15) is 0 Å². The van der Waals surface area contributed by atoms with Gasteiger partial charge in [0.2, 0.25) is 0 Å². The molecule has 3 nitrogen and oxygen atoms in total. The molecular weight excluding hydrogens is 252 g/mol. The molecule has 3 heteroatoms. The number of ether oxygens (including phenoxy) is 1. The van der Waals surface area contributed by atoms with Gasteiger partial charge in [-0.2, -0.15) is 0 Å². The van der Waals surface area contributed by atoms with Crippen LogP contribution in [0.25, 0.3) is 0 Å². The van der Waals surface area contributed by atoms with E-state index >= 15 is 0 Å². The highest BCUT2D eigenvalue weighted by molar-refractivity contribution is 5.20. The quantitative estimate of drug-likeness (QED) is 0.731. The van der Waals surface area contributed by atoms with Gasteiger partial charge in [-0.25, -0.2) is 0 Å². The molecular formula is C17H28O3. The Morgan fingerprint density at radius 3 is 2.05 bits per heavy atom. The minimum atomic E-state index is -0.0933. The number of rotatable bonds is 9. The van der Waals surface area contributed by atoms with E-state index in [0.29, 0.717) is 25.0 Å². The van der Waals surface area contributed by atoms with Gasteiger partial charge >= 0.3 is 0 Å². The third kappa shape index (κ3) is 5.23. The molecule has 0 aromatic heterocycles. The second-order valence-corrected chi connectivity index (χ2v) is 5.90. The van der Waals surface area contributed by atoms with Crippen molar-refractivity contribution in [3.63, 3.8) is 0 Å². The standard InChI is InChI=1S/C17H28O3/c1-13(2)17(15-7-5-4-6-8-15)12-20-11-14(3)16(9-18)10-19/h4-8,13-14,16-19H,9-12H2,1-3H3. The van der Waals surface area contributed by atoms with Crippen molar-refractivity contribution in [1.82, 2.24) is 0 Å². The molecule has 1 rings (SSSR count). The predicted octanol–water partition coefficient (Wildman–Crippen LogP) is 2.68. The van der Waals surface area contributed by atoms with Gasteiger partial charge in [-0.1, -0.05) is 51.1 Å². The highest BCUT2D eigenvalue weighted by Crippen LogP contribution is 2.25. The van der Waals surface area contributed by atoms with Gasteiger partial charge in [0.15, 0.2) is 0 Å². The van der Waals surface area contributed by atoms with Crippen LogP contribution in [0.4, 0.5) is 0 Å². The summed E-state index contributed by atoms with van der Waals surface area (Å²) >= 11 is 0. The van der Waals surface area contributed by atoms with Gasteiger partial charge < -0.3 is 14.9 Å². The van der Waals surface area contributed by atoms with E-state index in [1.54, 1.807) is 0 Å². The minimum Gasteiger partial charge on any atom is -0.396 e. The van der Waals surface area contributed by atoms with Crippen LogP contribution in [0.3, 0.4) is 0 Å². The van der Waals surface area contributed by atoms with E-state index in [0.717, 1.165) is 0 Å². The molecule has 0 spiro atoms. The normalized spacial score (nSPS) is 14.8. The molecule has 2 unspecified atom stereocenters. The molecule has 1 aromatic rings. The molecule has 0 bridgehead atoms. The van der Waals surface area contributed by atoms with Gasteiger partial charge in [0.05, 0.1) is 6.61 Å². The lowest BCUT2D eigenvalue weighted by atomic mass is 9.89. The predicted molar refractivity (Wildman–Crippen MR) is 81.7 cm³/mol. The Balaban J connectivity index is 2.49. The molecule has 2 atom stereocenters. The maximum atomic E-state index is 9.16. The molecule has 0 heterocycles. The third-order valence-electron chi connectivity index (χ3n) is 3.98. The molecule has 0 fully saturated rings. The van der Waals surface area contributed by atoms with Crippen molar-refractivity contribution in [2.75, 3.05) is 26.4 Å². The Bertz CT molecular complexity index is 347. The molecule has 0 saturated carbocycles. The van der Waals surface area contributed by atoms with Crippen LogP contribution in [0.2, 0.25) is 0 Å². The van der Waals surface area contributed by atoms with Crippen molar-refractivity contribution in [2.24, 2.45) is 17.8 Å². The van der Waals surface area contributed by atoms with Gasteiger partial charge in [-0.15, -0.1) is 0 Å². The summed E-state index contributed by atoms with van der Waals surface area (Å²) in [7, 11) is 0. The summed E-state index contributed by atoms with van der Waals surface area (Å²) in [4.78, 5) is 0. The van der Waals surface area contributed by atoms with Crippen molar-refractivity contribution in [2.45, 2.75) is 26.7 Å². The zero-order chi connectivity index (χ0) is 15.0. The summed E-state index contributed by atoms with van der Waals surface area (Å²) in [6.07, 6.45) is 0. The highest BCUT2D eigenvalue weighted by Gasteiger charge is 2.19. The molecule has 0 aliphatic carbocycles. The Morgan fingerprint density at radius 2 is 1.55 bits per heavy atom. The average molecular weight is 280 g/mol. The van der Waals surface area contributed by atoms with E-state index in [4.69, 9.17) is 14.9 Å². The Kier molecular flexibility index (Phi) is 7.82. The zero-order valence-corrected chi connectivity index (χ0v) is 12.8. The Labute approximate surface area is 122 Å². The summed E-state index contributed by atoms with van der Waals surface area (Å²) < 4.78 is 5.84. The molecule has 0 radical (unpaired) electrons. The lowest BCUT2D eigenvalue weighted by Crippen LogP contribution is -2.25. The molecule has 114 valence electrons. The van der Waals surface area contributed by atoms with E-state index in [-0.39, 0.29) is 25.0 Å². The van der Waals surface area contributed by atoms with E-state index in [1.165, 1.54) is 5.56 Å². The Morgan fingerprint density at radius 1 is 0.950 bits per heavy atom. The second-order valence-electron chi connectivity index (χ2n) is 5.90. The summed E-state index contributed by atoms with van der Waals surface area (Å²) in [6.45, 7) is 7.67. The van der Waals surface area contributed by atoms with Crippen LogP contribution in [-0.4, -0.2) is 36.6 Å². The lowest BCUT2D eigenvalue weighted by molar-refractivity contribution is 0.0336. The van der Waals surface area contributed by atoms with Crippen LogP contribution in [0.15, 0.2) is 30.3 Å². The van der Waals surface area contributed by atoms with Crippen LogP contribution in [0.5, 0.6) is 0 Å². The minimum absolute atomic E-state index is 0.00726. The van der Waals surface area contributed by atoms with E-state index in [1.807, 2.05) is 13.0 Å². The molecule has 0 amide bonds. The summed E-state index contributed by atoms with van der Waals surface area (Å²) in [5, 5.41) is 18.3. The topological polar surface area (TPSA) is 49.7 Å². The SMILES string of the molecule is CC(C)C(COCC(C)C(CO)CO)c1ccccc1. The van der Waals surface area contributed by atoms with Gasteiger partial charge in [-0.05, 0) is 17.4 Å². The molecule has 1 aromatic carbocycles. The fraction of sp³-hybridized carbons (Fsp3) is 0.647. The largest absolute Gasteiger partial charge is 0.396 e. The first kappa shape index (κ1) is 17.2. The number of hydrogen-bond acceptors (Lipinski definition) is 3. The first-order chi connectivity index (χ1) is 9.60. The summed E-state index contributed by atoms with van der Waals surface area (Å²) in [5.74, 6) is 0.960. The number of benzene rings is 1. The van der Waals surface area contributed by atoms with Gasteiger partial charge in [0.25, 0.3) is 0 Å². The highest BCUT2D eigenvalue weighted by atomic mass is 16.5. The van der Waals surface area contributed by atoms with Crippen molar-refractivity contribution >= 4 is 0 Å². The monoisotopic (exact) mass is 280 g/mol. The zero-order valence-electron chi connectivity index (χ0n) is 12.8. The van der Waals surface area contributed by atoms with Crippen LogP contribution in [0.1, 0.15) is 32.3 Å². The van der Waals surface area contributed by atoms with Crippen LogP contribution >= 0.6 is 0 Å². The molecule has 20 heavy (non-hydrogen) atoms. The van der Waals surface area contributed by atoms with E-state index < -0.39 is 0 Å². The first-order valence-corrected chi connectivity index (χ1v) is 7.44. The maximum Gasteiger partial charge on any atom is 0.0537 e. The maximum absolute atomic E-state index is 9.16. The van der Waals surface area contributed by atoms with E-state index in [2.05, 4.69) is 38.1 Å². The average Bonchev–Trinajstić information content (AvgIpc) is 2.45. The Hall–Kier alpha value is -0.900. The van der Waals surface area contributed by atoms with Crippen molar-refractivity contribution in [1.29, 1.82) is 0 Å². The number of aliphatic hydroxyl groups is 2. The van der Waals surface area contributed by atoms with Gasteiger partial charge in [0, 0.05) is 31.7 Å². The first-order valence-electron chi connectivity index (χ1n) is 7.44. The van der Waals surface area contributed by atoms with Crippen molar-refractivity contribution in [3.05, 3.63) is 35.9 Å². The smallest absolute Gasteiger partial charge is 0.0537 e. The molecule has 2 N–H and O–H groups in total. The third-order valence-corrected chi connectivity index (χ3v) is 3.98. The molecule has 0 aliphatic rings. The van der Waals surface area contributed by atoms with Crippen LogP contribution < -0.4 is 0 Å². The molecule has 0 aliphatic heterocycles. The fourth-order valence-corrected chi connectivity index (χ4v) is 2.31. The van der Waals surface area contributed by atoms with Crippen molar-refractivity contribution in [3.8, 4) is 0 Å². The van der Waals surface area contributed by atoms with Crippen LogP contribution in [-0.2, 0) is 4.74 Å². The number of aliphatic hydroxyl groups excluding tert-OH is 2. The van der Waals surface area contributed by atoms with Crippen molar-refractivity contribution < 1.29 is 14.9 Å². The second kappa shape index (κ2) is 9.11. The summed E-state index contributed by atoms with van der Waals surface area (Å²) in [6, 6.07) is 10.4. The fourth-order valence-electron chi connectivity index (χ4n) is 2.31. The van der Waals surface area contributed by atoms with Gasteiger partial charge in [-0.3, -0.25) is 0 Å². The van der Waals surface area contributed by atoms with Crippen LogP contribution in [0, 0.1) is 17.8 Å².